The molecule has 6 heteroatoms. The van der Waals surface area contributed by atoms with Crippen LogP contribution < -0.4 is 15.4 Å². The van der Waals surface area contributed by atoms with Crippen LogP contribution in [0.15, 0.2) is 72.8 Å². The lowest BCUT2D eigenvalue weighted by Crippen LogP contribution is -2.13. The van der Waals surface area contributed by atoms with Gasteiger partial charge in [0.15, 0.2) is 0 Å². The molecule has 0 heterocycles. The van der Waals surface area contributed by atoms with Crippen LogP contribution in [0.1, 0.15) is 20.7 Å². The molecule has 5 nitrogen and oxygen atoms in total. The summed E-state index contributed by atoms with van der Waals surface area (Å²) in [6, 6.07) is 21.2. The molecule has 3 rings (SSSR count). The predicted molar refractivity (Wildman–Crippen MR) is 115 cm³/mol. The van der Waals surface area contributed by atoms with Crippen molar-refractivity contribution in [1.29, 1.82) is 0 Å². The molecule has 0 aliphatic carbocycles. The zero-order valence-electron chi connectivity index (χ0n) is 14.5. The minimum atomic E-state index is -0.226. The van der Waals surface area contributed by atoms with Crippen molar-refractivity contribution in [2.75, 3.05) is 17.7 Å². The number of hydrogen-bond donors (Lipinski definition) is 2. The van der Waals surface area contributed by atoms with Crippen molar-refractivity contribution in [3.8, 4) is 5.75 Å². The first-order valence-corrected chi connectivity index (χ1v) is 9.25. The fourth-order valence-corrected chi connectivity index (χ4v) is 2.96. The summed E-state index contributed by atoms with van der Waals surface area (Å²) in [5.74, 6) is 0.306. The third kappa shape index (κ3) is 5.07. The van der Waals surface area contributed by atoms with E-state index in [4.69, 9.17) is 4.74 Å². The standard InChI is InChI=1S/C21H17IN2O3/c1-27-19-11-9-18(10-12-19)23-20(25)14-5-7-17(8-6-14)24-21(26)15-3-2-4-16(22)13-15/h2-13H,1H3,(H,23,25)(H,24,26). The Kier molecular flexibility index (Phi) is 6.08. The van der Waals surface area contributed by atoms with Gasteiger partial charge in [-0.05, 0) is 89.3 Å². The van der Waals surface area contributed by atoms with Crippen LogP contribution >= 0.6 is 22.6 Å². The van der Waals surface area contributed by atoms with Gasteiger partial charge in [0.05, 0.1) is 7.11 Å². The maximum absolute atomic E-state index is 12.3. The van der Waals surface area contributed by atoms with Crippen molar-refractivity contribution in [2.24, 2.45) is 0 Å². The predicted octanol–water partition coefficient (Wildman–Crippen LogP) is 4.80. The van der Waals surface area contributed by atoms with Gasteiger partial charge < -0.3 is 15.4 Å². The van der Waals surface area contributed by atoms with E-state index >= 15 is 0 Å². The number of halogens is 1. The van der Waals surface area contributed by atoms with Gasteiger partial charge >= 0.3 is 0 Å². The highest BCUT2D eigenvalue weighted by Crippen LogP contribution is 2.17. The molecule has 136 valence electrons. The Bertz CT molecular complexity index is 954. The van der Waals surface area contributed by atoms with Crippen LogP contribution in [0.25, 0.3) is 0 Å². The Balaban J connectivity index is 1.63. The molecule has 0 bridgehead atoms. The summed E-state index contributed by atoms with van der Waals surface area (Å²) in [5, 5.41) is 5.65. The minimum Gasteiger partial charge on any atom is -0.497 e. The molecule has 3 aromatic carbocycles. The van der Waals surface area contributed by atoms with Gasteiger partial charge in [-0.2, -0.15) is 0 Å². The Morgan fingerprint density at radius 3 is 1.89 bits per heavy atom. The maximum atomic E-state index is 12.3. The largest absolute Gasteiger partial charge is 0.497 e. The van der Waals surface area contributed by atoms with Crippen molar-refractivity contribution in [1.82, 2.24) is 0 Å². The average Bonchev–Trinajstić information content (AvgIpc) is 2.69. The summed E-state index contributed by atoms with van der Waals surface area (Å²) >= 11 is 2.16. The summed E-state index contributed by atoms with van der Waals surface area (Å²) < 4.78 is 6.09. The molecular formula is C21H17IN2O3. The summed E-state index contributed by atoms with van der Waals surface area (Å²) in [6.45, 7) is 0. The van der Waals surface area contributed by atoms with E-state index in [1.54, 1.807) is 61.7 Å². The molecule has 0 radical (unpaired) electrons. The lowest BCUT2D eigenvalue weighted by Gasteiger charge is -2.08. The van der Waals surface area contributed by atoms with Gasteiger partial charge in [-0.15, -0.1) is 0 Å². The van der Waals surface area contributed by atoms with E-state index in [2.05, 4.69) is 33.2 Å². The molecule has 0 fully saturated rings. The van der Waals surface area contributed by atoms with E-state index < -0.39 is 0 Å². The third-order valence-electron chi connectivity index (χ3n) is 3.84. The monoisotopic (exact) mass is 472 g/mol. The van der Waals surface area contributed by atoms with Gasteiger partial charge in [-0.3, -0.25) is 9.59 Å². The Morgan fingerprint density at radius 2 is 1.33 bits per heavy atom. The number of methoxy groups -OCH3 is 1. The number of benzene rings is 3. The average molecular weight is 472 g/mol. The molecule has 27 heavy (non-hydrogen) atoms. The van der Waals surface area contributed by atoms with Crippen LogP contribution in [-0.2, 0) is 0 Å². The van der Waals surface area contributed by atoms with E-state index in [1.807, 2.05) is 18.2 Å². The first-order chi connectivity index (χ1) is 13.0. The zero-order chi connectivity index (χ0) is 19.2. The second-order valence-corrected chi connectivity index (χ2v) is 6.97. The van der Waals surface area contributed by atoms with Crippen molar-refractivity contribution < 1.29 is 14.3 Å². The topological polar surface area (TPSA) is 67.4 Å². The highest BCUT2D eigenvalue weighted by atomic mass is 127. The fourth-order valence-electron chi connectivity index (χ4n) is 2.42. The number of nitrogens with one attached hydrogen (secondary N) is 2. The van der Waals surface area contributed by atoms with Crippen LogP contribution in [0.4, 0.5) is 11.4 Å². The quantitative estimate of drug-likeness (QED) is 0.525. The van der Waals surface area contributed by atoms with E-state index in [0.717, 1.165) is 9.32 Å². The molecule has 2 N–H and O–H groups in total. The molecule has 0 aliphatic heterocycles. The van der Waals surface area contributed by atoms with Gasteiger partial charge in [-0.25, -0.2) is 0 Å². The normalized spacial score (nSPS) is 10.1. The van der Waals surface area contributed by atoms with E-state index in [-0.39, 0.29) is 11.8 Å². The fraction of sp³-hybridized carbons (Fsp3) is 0.0476. The van der Waals surface area contributed by atoms with Gasteiger partial charge in [0.25, 0.3) is 11.8 Å². The molecule has 0 aromatic heterocycles. The lowest BCUT2D eigenvalue weighted by molar-refractivity contribution is 0.102. The summed E-state index contributed by atoms with van der Waals surface area (Å²) in [6.07, 6.45) is 0. The van der Waals surface area contributed by atoms with Crippen LogP contribution in [-0.4, -0.2) is 18.9 Å². The number of hydrogen-bond acceptors (Lipinski definition) is 3. The maximum Gasteiger partial charge on any atom is 0.255 e. The number of amides is 2. The summed E-state index contributed by atoms with van der Waals surface area (Å²) in [4.78, 5) is 24.6. The SMILES string of the molecule is COc1ccc(NC(=O)c2ccc(NC(=O)c3cccc(I)c3)cc2)cc1. The van der Waals surface area contributed by atoms with Crippen LogP contribution in [0, 0.1) is 3.57 Å². The Labute approximate surface area is 170 Å². The number of carbonyl (C=O) groups excluding carboxylic acids is 2. The van der Waals surface area contributed by atoms with Crippen molar-refractivity contribution >= 4 is 45.8 Å². The smallest absolute Gasteiger partial charge is 0.255 e. The minimum absolute atomic E-state index is 0.191. The van der Waals surface area contributed by atoms with Crippen LogP contribution in [0.3, 0.4) is 0 Å². The zero-order valence-corrected chi connectivity index (χ0v) is 16.7. The number of rotatable bonds is 5. The Hall–Kier alpha value is -2.87. The molecule has 0 spiro atoms. The van der Waals surface area contributed by atoms with Crippen molar-refractivity contribution in [2.45, 2.75) is 0 Å². The first-order valence-electron chi connectivity index (χ1n) is 8.17. The van der Waals surface area contributed by atoms with Crippen LogP contribution in [0.2, 0.25) is 0 Å². The van der Waals surface area contributed by atoms with Gasteiger partial charge in [0.2, 0.25) is 0 Å². The van der Waals surface area contributed by atoms with Gasteiger partial charge in [0, 0.05) is 26.1 Å². The van der Waals surface area contributed by atoms with Gasteiger partial charge in [0.1, 0.15) is 5.75 Å². The van der Waals surface area contributed by atoms with Crippen molar-refractivity contribution in [3.05, 3.63) is 87.5 Å². The molecule has 0 atom stereocenters. The molecule has 0 saturated heterocycles. The molecule has 0 aliphatic rings. The second-order valence-electron chi connectivity index (χ2n) is 5.72. The van der Waals surface area contributed by atoms with Gasteiger partial charge in [-0.1, -0.05) is 6.07 Å². The second kappa shape index (κ2) is 8.68. The number of ether oxygens (including phenoxy) is 1. The highest BCUT2D eigenvalue weighted by Gasteiger charge is 2.09. The summed E-state index contributed by atoms with van der Waals surface area (Å²) in [7, 11) is 1.59. The molecule has 0 saturated carbocycles. The highest BCUT2D eigenvalue weighted by molar-refractivity contribution is 14.1. The molecular weight excluding hydrogens is 455 g/mol. The third-order valence-corrected chi connectivity index (χ3v) is 4.51. The molecule has 2 amide bonds. The molecule has 3 aromatic rings. The first kappa shape index (κ1) is 18.9. The number of carbonyl (C=O) groups is 2. The number of anilines is 2. The van der Waals surface area contributed by atoms with Crippen molar-refractivity contribution in [3.63, 3.8) is 0 Å². The van der Waals surface area contributed by atoms with Crippen LogP contribution in [0.5, 0.6) is 5.75 Å². The summed E-state index contributed by atoms with van der Waals surface area (Å²) in [5.41, 5.74) is 2.39. The van der Waals surface area contributed by atoms with E-state index in [1.165, 1.54) is 0 Å². The lowest BCUT2D eigenvalue weighted by atomic mass is 10.1. The van der Waals surface area contributed by atoms with E-state index in [9.17, 15) is 9.59 Å². The molecule has 0 unspecified atom stereocenters. The van der Waals surface area contributed by atoms with E-state index in [0.29, 0.717) is 22.5 Å². The Morgan fingerprint density at radius 1 is 0.778 bits per heavy atom.